The van der Waals surface area contributed by atoms with Crippen LogP contribution in [0.5, 0.6) is 0 Å². The molecule has 1 aromatic rings. The van der Waals surface area contributed by atoms with Gasteiger partial charge in [-0.25, -0.2) is 9.67 Å². The summed E-state index contributed by atoms with van der Waals surface area (Å²) in [5, 5.41) is 7.36. The first-order chi connectivity index (χ1) is 9.99. The second-order valence-corrected chi connectivity index (χ2v) is 6.27. The van der Waals surface area contributed by atoms with Crippen LogP contribution in [-0.2, 0) is 13.0 Å². The maximum atomic E-state index is 12.7. The summed E-state index contributed by atoms with van der Waals surface area (Å²) in [7, 11) is 0. The monoisotopic (exact) mass is 322 g/mol. The molecular weight excluding hydrogens is 301 g/mol. The van der Waals surface area contributed by atoms with E-state index in [-0.39, 0.29) is 5.92 Å². The van der Waals surface area contributed by atoms with Crippen molar-refractivity contribution in [3.05, 3.63) is 11.6 Å². The maximum absolute atomic E-state index is 12.7. The van der Waals surface area contributed by atoms with Gasteiger partial charge >= 0.3 is 6.18 Å². The standard InChI is InChI=1S/C13H21F3N4S/c1-21-8-5-11-18-12(10-3-2-6-17-7-4-10)20(19-11)9-13(14,15)16/h10,17H,2-9H2,1H3/t10-/m0/s1. The van der Waals surface area contributed by atoms with Gasteiger partial charge in [0.25, 0.3) is 0 Å². The lowest BCUT2D eigenvalue weighted by Gasteiger charge is -2.15. The van der Waals surface area contributed by atoms with Crippen molar-refractivity contribution in [1.82, 2.24) is 20.1 Å². The lowest BCUT2D eigenvalue weighted by molar-refractivity contribution is -0.143. The molecule has 1 atom stereocenters. The predicted molar refractivity (Wildman–Crippen MR) is 77.6 cm³/mol. The molecule has 1 aliphatic heterocycles. The third-order valence-electron chi connectivity index (χ3n) is 3.54. The Hall–Kier alpha value is -0.760. The molecule has 2 rings (SSSR count). The Kier molecular flexibility index (Phi) is 5.92. The van der Waals surface area contributed by atoms with E-state index in [2.05, 4.69) is 15.4 Å². The molecule has 0 amide bonds. The van der Waals surface area contributed by atoms with E-state index in [1.54, 1.807) is 11.8 Å². The van der Waals surface area contributed by atoms with Gasteiger partial charge in [-0.2, -0.15) is 30.0 Å². The molecule has 0 aromatic carbocycles. The molecule has 0 bridgehead atoms. The van der Waals surface area contributed by atoms with Crippen molar-refractivity contribution in [3.8, 4) is 0 Å². The number of hydrogen-bond acceptors (Lipinski definition) is 4. The van der Waals surface area contributed by atoms with Crippen LogP contribution in [0, 0.1) is 0 Å². The summed E-state index contributed by atoms with van der Waals surface area (Å²) in [5.74, 6) is 1.92. The fraction of sp³-hybridized carbons (Fsp3) is 0.846. The summed E-state index contributed by atoms with van der Waals surface area (Å²) in [4.78, 5) is 4.41. The molecule has 0 radical (unpaired) electrons. The van der Waals surface area contributed by atoms with Gasteiger partial charge < -0.3 is 5.32 Å². The van der Waals surface area contributed by atoms with E-state index in [0.717, 1.165) is 42.8 Å². The summed E-state index contributed by atoms with van der Waals surface area (Å²) in [6.07, 6.45) is 0.963. The molecular formula is C13H21F3N4S. The summed E-state index contributed by atoms with van der Waals surface area (Å²) in [5.41, 5.74) is 0. The molecule has 4 nitrogen and oxygen atoms in total. The molecule has 0 aliphatic carbocycles. The summed E-state index contributed by atoms with van der Waals surface area (Å²) >= 11 is 1.64. The quantitative estimate of drug-likeness (QED) is 0.905. The van der Waals surface area contributed by atoms with E-state index < -0.39 is 12.7 Å². The van der Waals surface area contributed by atoms with Gasteiger partial charge in [0, 0.05) is 18.1 Å². The minimum atomic E-state index is -4.26. The minimum absolute atomic E-state index is 0.0675. The molecule has 0 unspecified atom stereocenters. The van der Waals surface area contributed by atoms with Crippen LogP contribution in [0.1, 0.15) is 36.8 Å². The highest BCUT2D eigenvalue weighted by molar-refractivity contribution is 7.98. The molecule has 0 spiro atoms. The van der Waals surface area contributed by atoms with Gasteiger partial charge in [0.05, 0.1) is 0 Å². The first kappa shape index (κ1) is 16.6. The van der Waals surface area contributed by atoms with E-state index in [0.29, 0.717) is 18.1 Å². The van der Waals surface area contributed by atoms with Crippen LogP contribution in [-0.4, -0.2) is 46.0 Å². The van der Waals surface area contributed by atoms with E-state index >= 15 is 0 Å². The van der Waals surface area contributed by atoms with Crippen molar-refractivity contribution in [2.75, 3.05) is 25.1 Å². The van der Waals surface area contributed by atoms with Gasteiger partial charge in [0.2, 0.25) is 0 Å². The SMILES string of the molecule is CSCCc1nc([C@H]2CCCNCC2)n(CC(F)(F)F)n1. The molecule has 1 N–H and O–H groups in total. The Labute approximate surface area is 126 Å². The number of nitrogens with zero attached hydrogens (tertiary/aromatic N) is 3. The summed E-state index contributed by atoms with van der Waals surface area (Å²) in [6, 6.07) is 0. The van der Waals surface area contributed by atoms with Crippen molar-refractivity contribution in [2.24, 2.45) is 0 Å². The van der Waals surface area contributed by atoms with Crippen LogP contribution >= 0.6 is 11.8 Å². The molecule has 1 saturated heterocycles. The molecule has 2 heterocycles. The number of rotatable bonds is 5. The van der Waals surface area contributed by atoms with Crippen molar-refractivity contribution in [2.45, 2.75) is 44.3 Å². The Morgan fingerprint density at radius 3 is 2.86 bits per heavy atom. The summed E-state index contributed by atoms with van der Waals surface area (Å²) < 4.78 is 39.2. The Morgan fingerprint density at radius 2 is 2.14 bits per heavy atom. The average molecular weight is 322 g/mol. The van der Waals surface area contributed by atoms with E-state index in [1.807, 2.05) is 6.26 Å². The first-order valence-corrected chi connectivity index (χ1v) is 8.59. The van der Waals surface area contributed by atoms with Gasteiger partial charge in [-0.3, -0.25) is 0 Å². The van der Waals surface area contributed by atoms with Crippen LogP contribution in [0.3, 0.4) is 0 Å². The topological polar surface area (TPSA) is 42.7 Å². The van der Waals surface area contributed by atoms with Crippen molar-refractivity contribution in [1.29, 1.82) is 0 Å². The van der Waals surface area contributed by atoms with Crippen molar-refractivity contribution < 1.29 is 13.2 Å². The molecule has 0 saturated carbocycles. The number of aromatic nitrogens is 3. The van der Waals surface area contributed by atoms with Crippen molar-refractivity contribution in [3.63, 3.8) is 0 Å². The Morgan fingerprint density at radius 1 is 1.33 bits per heavy atom. The van der Waals surface area contributed by atoms with Crippen LogP contribution < -0.4 is 5.32 Å². The van der Waals surface area contributed by atoms with Gasteiger partial charge in [-0.15, -0.1) is 0 Å². The van der Waals surface area contributed by atoms with Crippen LogP contribution in [0.4, 0.5) is 13.2 Å². The van der Waals surface area contributed by atoms with Gasteiger partial charge in [-0.1, -0.05) is 0 Å². The first-order valence-electron chi connectivity index (χ1n) is 7.19. The minimum Gasteiger partial charge on any atom is -0.317 e. The highest BCUT2D eigenvalue weighted by Crippen LogP contribution is 2.27. The number of hydrogen-bond donors (Lipinski definition) is 1. The lowest BCUT2D eigenvalue weighted by atomic mass is 10.00. The highest BCUT2D eigenvalue weighted by atomic mass is 32.2. The molecule has 8 heteroatoms. The van der Waals surface area contributed by atoms with Gasteiger partial charge in [-0.05, 0) is 38.6 Å². The molecule has 21 heavy (non-hydrogen) atoms. The average Bonchev–Trinajstić information content (AvgIpc) is 2.63. The fourth-order valence-corrected chi connectivity index (χ4v) is 2.95. The van der Waals surface area contributed by atoms with E-state index in [4.69, 9.17) is 0 Å². The Balaban J connectivity index is 2.20. The smallest absolute Gasteiger partial charge is 0.317 e. The zero-order valence-electron chi connectivity index (χ0n) is 12.1. The number of halogens is 3. The van der Waals surface area contributed by atoms with Crippen LogP contribution in [0.2, 0.25) is 0 Å². The maximum Gasteiger partial charge on any atom is 0.408 e. The number of alkyl halides is 3. The highest BCUT2D eigenvalue weighted by Gasteiger charge is 2.32. The lowest BCUT2D eigenvalue weighted by Crippen LogP contribution is -2.22. The molecule has 1 aromatic heterocycles. The molecule has 1 fully saturated rings. The second kappa shape index (κ2) is 7.49. The fourth-order valence-electron chi connectivity index (χ4n) is 2.57. The second-order valence-electron chi connectivity index (χ2n) is 5.28. The molecule has 1 aliphatic rings. The van der Waals surface area contributed by atoms with E-state index in [9.17, 15) is 13.2 Å². The number of thioether (sulfide) groups is 1. The zero-order chi connectivity index (χ0) is 15.3. The Bertz CT molecular complexity index is 439. The number of nitrogens with one attached hydrogen (secondary N) is 1. The van der Waals surface area contributed by atoms with Gasteiger partial charge in [0.15, 0.2) is 5.82 Å². The molecule has 120 valence electrons. The summed E-state index contributed by atoms with van der Waals surface area (Å²) in [6.45, 7) is 0.700. The largest absolute Gasteiger partial charge is 0.408 e. The third kappa shape index (κ3) is 5.18. The van der Waals surface area contributed by atoms with Crippen LogP contribution in [0.15, 0.2) is 0 Å². The van der Waals surface area contributed by atoms with Crippen LogP contribution in [0.25, 0.3) is 0 Å². The zero-order valence-corrected chi connectivity index (χ0v) is 12.9. The van der Waals surface area contributed by atoms with Crippen molar-refractivity contribution >= 4 is 11.8 Å². The van der Waals surface area contributed by atoms with Gasteiger partial charge in [0.1, 0.15) is 12.4 Å². The van der Waals surface area contributed by atoms with E-state index in [1.165, 1.54) is 0 Å². The predicted octanol–water partition coefficient (Wildman–Crippen LogP) is 2.60. The third-order valence-corrected chi connectivity index (χ3v) is 4.16. The number of aryl methyl sites for hydroxylation is 1. The normalized spacial score (nSPS) is 20.5.